The van der Waals surface area contributed by atoms with E-state index < -0.39 is 11.5 Å². The third-order valence-corrected chi connectivity index (χ3v) is 4.49. The van der Waals surface area contributed by atoms with Crippen molar-refractivity contribution in [3.63, 3.8) is 0 Å². The molecule has 96 valence electrons. The van der Waals surface area contributed by atoms with E-state index in [2.05, 4.69) is 28.9 Å². The lowest BCUT2D eigenvalue weighted by molar-refractivity contribution is 0.0640. The van der Waals surface area contributed by atoms with Crippen LogP contribution in [0.15, 0.2) is 22.7 Å². The van der Waals surface area contributed by atoms with Gasteiger partial charge in [0.05, 0.1) is 17.6 Å². The Morgan fingerprint density at radius 1 is 1.61 bits per heavy atom. The van der Waals surface area contributed by atoms with Crippen molar-refractivity contribution in [1.82, 2.24) is 0 Å². The number of hydrogen-bond donors (Lipinski definition) is 1. The molecule has 0 radical (unpaired) electrons. The van der Waals surface area contributed by atoms with Gasteiger partial charge in [-0.25, -0.2) is 4.39 Å². The summed E-state index contributed by atoms with van der Waals surface area (Å²) in [6.45, 7) is 2.09. The minimum Gasteiger partial charge on any atom is -0.387 e. The Bertz CT molecular complexity index is 499. The van der Waals surface area contributed by atoms with E-state index in [4.69, 9.17) is 0 Å². The van der Waals surface area contributed by atoms with Gasteiger partial charge in [0.15, 0.2) is 0 Å². The minimum absolute atomic E-state index is 0.358. The zero-order chi connectivity index (χ0) is 13.3. The lowest BCUT2D eigenvalue weighted by Gasteiger charge is -2.28. The van der Waals surface area contributed by atoms with Gasteiger partial charge in [0, 0.05) is 4.47 Å². The molecule has 0 aromatic heterocycles. The van der Waals surface area contributed by atoms with Crippen LogP contribution < -0.4 is 0 Å². The monoisotopic (exact) mass is 311 g/mol. The van der Waals surface area contributed by atoms with E-state index in [1.165, 1.54) is 12.1 Å². The molecule has 18 heavy (non-hydrogen) atoms. The molecule has 0 aliphatic heterocycles. The molecule has 0 saturated heterocycles. The van der Waals surface area contributed by atoms with Crippen LogP contribution in [0.3, 0.4) is 0 Å². The number of benzene rings is 1. The highest BCUT2D eigenvalue weighted by atomic mass is 79.9. The summed E-state index contributed by atoms with van der Waals surface area (Å²) >= 11 is 3.25. The van der Waals surface area contributed by atoms with Gasteiger partial charge >= 0.3 is 0 Å². The van der Waals surface area contributed by atoms with Crippen molar-refractivity contribution < 1.29 is 9.50 Å². The van der Waals surface area contributed by atoms with Crippen LogP contribution in [0.2, 0.25) is 0 Å². The predicted molar refractivity (Wildman–Crippen MR) is 70.1 cm³/mol. The molecule has 0 spiro atoms. The highest BCUT2D eigenvalue weighted by Crippen LogP contribution is 2.50. The summed E-state index contributed by atoms with van der Waals surface area (Å²) < 4.78 is 13.6. The van der Waals surface area contributed by atoms with E-state index in [9.17, 15) is 14.8 Å². The summed E-state index contributed by atoms with van der Waals surface area (Å²) in [4.78, 5) is 0. The molecule has 0 amide bonds. The summed E-state index contributed by atoms with van der Waals surface area (Å²) in [5.74, 6) is 0.0853. The summed E-state index contributed by atoms with van der Waals surface area (Å²) in [6.07, 6.45) is 1.45. The Morgan fingerprint density at radius 2 is 2.33 bits per heavy atom. The van der Waals surface area contributed by atoms with Crippen LogP contribution >= 0.6 is 15.9 Å². The Balaban J connectivity index is 2.36. The summed E-state index contributed by atoms with van der Waals surface area (Å²) in [6, 6.07) is 6.46. The number of halogens is 2. The topological polar surface area (TPSA) is 44.0 Å². The lowest BCUT2D eigenvalue weighted by atomic mass is 9.78. The van der Waals surface area contributed by atoms with Crippen LogP contribution in [0.4, 0.5) is 4.39 Å². The van der Waals surface area contributed by atoms with Crippen molar-refractivity contribution in [1.29, 1.82) is 5.26 Å². The van der Waals surface area contributed by atoms with E-state index in [1.807, 2.05) is 0 Å². The molecule has 3 atom stereocenters. The molecular formula is C14H15BrFNO. The van der Waals surface area contributed by atoms with Crippen LogP contribution in [0.25, 0.3) is 0 Å². The second-order valence-electron chi connectivity index (χ2n) is 5.18. The molecule has 3 unspecified atom stereocenters. The third kappa shape index (κ3) is 2.30. The van der Waals surface area contributed by atoms with Crippen LogP contribution in [-0.2, 0) is 0 Å². The van der Waals surface area contributed by atoms with Crippen LogP contribution in [-0.4, -0.2) is 5.11 Å². The Morgan fingerprint density at radius 3 is 2.83 bits per heavy atom. The maximum atomic E-state index is 13.1. The normalized spacial score (nSPS) is 28.9. The fourth-order valence-electron chi connectivity index (χ4n) is 2.76. The molecule has 1 aliphatic carbocycles. The van der Waals surface area contributed by atoms with Gasteiger partial charge in [0.25, 0.3) is 0 Å². The molecule has 1 N–H and O–H groups in total. The van der Waals surface area contributed by atoms with Gasteiger partial charge < -0.3 is 5.11 Å². The maximum absolute atomic E-state index is 13.1. The Kier molecular flexibility index (Phi) is 3.74. The standard InChI is InChI=1S/C14H15BrFNO/c1-9-4-5-14(7-9,8-17)13(18)11-3-2-10(16)6-12(11)15/h2-3,6,9,13,18H,4-5,7H2,1H3. The molecule has 0 bridgehead atoms. The van der Waals surface area contributed by atoms with Crippen LogP contribution in [0.1, 0.15) is 37.9 Å². The fraction of sp³-hybridized carbons (Fsp3) is 0.500. The minimum atomic E-state index is -0.873. The van der Waals surface area contributed by atoms with E-state index in [0.717, 1.165) is 6.42 Å². The van der Waals surface area contributed by atoms with Crippen molar-refractivity contribution in [2.24, 2.45) is 11.3 Å². The first-order valence-electron chi connectivity index (χ1n) is 6.03. The highest BCUT2D eigenvalue weighted by Gasteiger charge is 2.45. The number of nitrogens with zero attached hydrogens (tertiary/aromatic N) is 1. The quantitative estimate of drug-likeness (QED) is 0.898. The van der Waals surface area contributed by atoms with Gasteiger partial charge in [0.1, 0.15) is 5.82 Å². The molecule has 1 aromatic carbocycles. The van der Waals surface area contributed by atoms with E-state index >= 15 is 0 Å². The second-order valence-corrected chi connectivity index (χ2v) is 6.04. The summed E-state index contributed by atoms with van der Waals surface area (Å²) in [7, 11) is 0. The van der Waals surface area contributed by atoms with Gasteiger partial charge in [-0.15, -0.1) is 0 Å². The Labute approximate surface area is 115 Å². The number of rotatable bonds is 2. The van der Waals surface area contributed by atoms with E-state index in [1.54, 1.807) is 6.07 Å². The van der Waals surface area contributed by atoms with E-state index in [-0.39, 0.29) is 5.82 Å². The van der Waals surface area contributed by atoms with Crippen LogP contribution in [0, 0.1) is 28.5 Å². The SMILES string of the molecule is CC1CCC(C#N)(C(O)c2ccc(F)cc2Br)C1. The average Bonchev–Trinajstić information content (AvgIpc) is 2.71. The first-order valence-corrected chi connectivity index (χ1v) is 6.82. The molecular weight excluding hydrogens is 297 g/mol. The van der Waals surface area contributed by atoms with Gasteiger partial charge in [-0.1, -0.05) is 28.9 Å². The first kappa shape index (κ1) is 13.5. The largest absolute Gasteiger partial charge is 0.387 e. The molecule has 2 rings (SSSR count). The first-order chi connectivity index (χ1) is 8.48. The van der Waals surface area contributed by atoms with Gasteiger partial charge in [-0.2, -0.15) is 5.26 Å². The predicted octanol–water partition coefficient (Wildman–Crippen LogP) is 3.95. The smallest absolute Gasteiger partial charge is 0.124 e. The summed E-state index contributed by atoms with van der Waals surface area (Å²) in [5, 5.41) is 19.9. The van der Waals surface area contributed by atoms with Gasteiger partial charge in [-0.3, -0.25) is 0 Å². The molecule has 1 fully saturated rings. The molecule has 1 aromatic rings. The van der Waals surface area contributed by atoms with Gasteiger partial charge in [0.2, 0.25) is 0 Å². The van der Waals surface area contributed by atoms with Crippen molar-refractivity contribution in [3.05, 3.63) is 34.1 Å². The number of nitriles is 1. The third-order valence-electron chi connectivity index (χ3n) is 3.80. The zero-order valence-corrected chi connectivity index (χ0v) is 11.7. The van der Waals surface area contributed by atoms with Crippen molar-refractivity contribution in [2.75, 3.05) is 0 Å². The van der Waals surface area contributed by atoms with E-state index in [0.29, 0.717) is 28.8 Å². The van der Waals surface area contributed by atoms with Gasteiger partial charge in [-0.05, 0) is 42.9 Å². The van der Waals surface area contributed by atoms with Crippen molar-refractivity contribution in [2.45, 2.75) is 32.3 Å². The van der Waals surface area contributed by atoms with Crippen molar-refractivity contribution in [3.8, 4) is 6.07 Å². The molecule has 0 heterocycles. The molecule has 1 saturated carbocycles. The Hall–Kier alpha value is -0.920. The number of aliphatic hydroxyl groups excluding tert-OH is 1. The van der Waals surface area contributed by atoms with Crippen molar-refractivity contribution >= 4 is 15.9 Å². The molecule has 2 nitrogen and oxygen atoms in total. The second kappa shape index (κ2) is 4.99. The fourth-order valence-corrected chi connectivity index (χ4v) is 3.33. The lowest BCUT2D eigenvalue weighted by Crippen LogP contribution is -2.24. The number of hydrogen-bond acceptors (Lipinski definition) is 2. The number of aliphatic hydroxyl groups is 1. The summed E-state index contributed by atoms with van der Waals surface area (Å²) in [5.41, 5.74) is -0.146. The average molecular weight is 312 g/mol. The maximum Gasteiger partial charge on any atom is 0.124 e. The molecule has 4 heteroatoms. The highest BCUT2D eigenvalue weighted by molar-refractivity contribution is 9.10. The van der Waals surface area contributed by atoms with Crippen LogP contribution in [0.5, 0.6) is 0 Å². The molecule has 1 aliphatic rings. The zero-order valence-electron chi connectivity index (χ0n) is 10.2.